The van der Waals surface area contributed by atoms with Crippen LogP contribution in [0, 0.1) is 0 Å². The molecular weight excluding hydrogens is 184 g/mol. The fourth-order valence-electron chi connectivity index (χ4n) is 1.11. The molecular formula is C10H16O2S. The summed E-state index contributed by atoms with van der Waals surface area (Å²) >= 11 is 1.72. The molecule has 2 nitrogen and oxygen atoms in total. The first-order chi connectivity index (χ1) is 6.38. The summed E-state index contributed by atoms with van der Waals surface area (Å²) in [6.45, 7) is 6.14. The Morgan fingerprint density at radius 1 is 1.38 bits per heavy atom. The summed E-state index contributed by atoms with van der Waals surface area (Å²) in [5, 5.41) is 2.06. The Hall–Kier alpha value is -0.380. The molecule has 1 atom stereocenters. The molecule has 0 radical (unpaired) electrons. The standard InChI is InChI=1S/C10H16O2S/c1-3-11-8-9(12-4-2)10-6-5-7-13-10/h5-7,9H,3-4,8H2,1-2H3. The molecule has 0 N–H and O–H groups in total. The maximum Gasteiger partial charge on any atom is 0.115 e. The van der Waals surface area contributed by atoms with Crippen LogP contribution in [-0.2, 0) is 9.47 Å². The van der Waals surface area contributed by atoms with Crippen LogP contribution in [0.3, 0.4) is 0 Å². The zero-order chi connectivity index (χ0) is 9.52. The van der Waals surface area contributed by atoms with Crippen LogP contribution in [0.15, 0.2) is 17.5 Å². The predicted molar refractivity (Wildman–Crippen MR) is 55.2 cm³/mol. The van der Waals surface area contributed by atoms with E-state index in [1.165, 1.54) is 4.88 Å². The Labute approximate surface area is 83.5 Å². The molecule has 0 aliphatic rings. The van der Waals surface area contributed by atoms with Gasteiger partial charge in [-0.05, 0) is 25.3 Å². The smallest absolute Gasteiger partial charge is 0.115 e. The molecule has 0 saturated carbocycles. The third-order valence-electron chi connectivity index (χ3n) is 1.70. The van der Waals surface area contributed by atoms with Crippen molar-refractivity contribution in [3.05, 3.63) is 22.4 Å². The fourth-order valence-corrected chi connectivity index (χ4v) is 1.87. The van der Waals surface area contributed by atoms with Crippen LogP contribution in [-0.4, -0.2) is 19.8 Å². The maximum absolute atomic E-state index is 5.57. The van der Waals surface area contributed by atoms with Crippen LogP contribution in [0.1, 0.15) is 24.8 Å². The molecule has 1 rings (SSSR count). The van der Waals surface area contributed by atoms with E-state index >= 15 is 0 Å². The second-order valence-corrected chi connectivity index (χ2v) is 3.60. The van der Waals surface area contributed by atoms with E-state index in [0.717, 1.165) is 13.2 Å². The Balaban J connectivity index is 2.47. The largest absolute Gasteiger partial charge is 0.379 e. The summed E-state index contributed by atoms with van der Waals surface area (Å²) in [7, 11) is 0. The summed E-state index contributed by atoms with van der Waals surface area (Å²) in [4.78, 5) is 1.25. The first-order valence-corrected chi connectivity index (χ1v) is 5.49. The van der Waals surface area contributed by atoms with Gasteiger partial charge in [-0.2, -0.15) is 0 Å². The van der Waals surface area contributed by atoms with Crippen molar-refractivity contribution in [1.82, 2.24) is 0 Å². The molecule has 0 amide bonds. The minimum absolute atomic E-state index is 0.116. The SMILES string of the molecule is CCOCC(OCC)c1cccs1. The second kappa shape index (κ2) is 6.13. The van der Waals surface area contributed by atoms with E-state index in [2.05, 4.69) is 11.4 Å². The number of hydrogen-bond donors (Lipinski definition) is 0. The number of rotatable bonds is 6. The molecule has 74 valence electrons. The van der Waals surface area contributed by atoms with Gasteiger partial charge < -0.3 is 9.47 Å². The van der Waals surface area contributed by atoms with E-state index in [9.17, 15) is 0 Å². The monoisotopic (exact) mass is 200 g/mol. The van der Waals surface area contributed by atoms with Gasteiger partial charge in [0.1, 0.15) is 6.10 Å². The lowest BCUT2D eigenvalue weighted by molar-refractivity contribution is -0.00784. The Kier molecular flexibility index (Phi) is 5.05. The lowest BCUT2D eigenvalue weighted by Crippen LogP contribution is -2.10. The van der Waals surface area contributed by atoms with Crippen molar-refractivity contribution in [2.45, 2.75) is 20.0 Å². The van der Waals surface area contributed by atoms with E-state index < -0.39 is 0 Å². The van der Waals surface area contributed by atoms with Crippen molar-refractivity contribution in [3.63, 3.8) is 0 Å². The quantitative estimate of drug-likeness (QED) is 0.703. The van der Waals surface area contributed by atoms with Crippen molar-refractivity contribution in [1.29, 1.82) is 0 Å². The van der Waals surface area contributed by atoms with Crippen LogP contribution in [0.5, 0.6) is 0 Å². The topological polar surface area (TPSA) is 18.5 Å². The first kappa shape index (κ1) is 10.7. The molecule has 0 fully saturated rings. The van der Waals surface area contributed by atoms with Gasteiger partial charge in [0.15, 0.2) is 0 Å². The van der Waals surface area contributed by atoms with Gasteiger partial charge in [0.05, 0.1) is 6.61 Å². The van der Waals surface area contributed by atoms with Crippen molar-refractivity contribution >= 4 is 11.3 Å². The summed E-state index contributed by atoms with van der Waals surface area (Å²) in [6, 6.07) is 4.13. The Morgan fingerprint density at radius 3 is 2.77 bits per heavy atom. The van der Waals surface area contributed by atoms with Gasteiger partial charge in [-0.3, -0.25) is 0 Å². The highest BCUT2D eigenvalue weighted by molar-refractivity contribution is 7.10. The maximum atomic E-state index is 5.57. The van der Waals surface area contributed by atoms with Gasteiger partial charge in [0.2, 0.25) is 0 Å². The fraction of sp³-hybridized carbons (Fsp3) is 0.600. The molecule has 1 aromatic heterocycles. The molecule has 0 spiro atoms. The molecule has 0 aromatic carbocycles. The van der Waals surface area contributed by atoms with Crippen LogP contribution in [0.2, 0.25) is 0 Å². The first-order valence-electron chi connectivity index (χ1n) is 4.61. The lowest BCUT2D eigenvalue weighted by Gasteiger charge is -2.14. The third-order valence-corrected chi connectivity index (χ3v) is 2.67. The van der Waals surface area contributed by atoms with Crippen LogP contribution in [0.25, 0.3) is 0 Å². The summed E-state index contributed by atoms with van der Waals surface area (Å²) < 4.78 is 10.9. The average molecular weight is 200 g/mol. The van der Waals surface area contributed by atoms with E-state index in [-0.39, 0.29) is 6.10 Å². The van der Waals surface area contributed by atoms with Gasteiger partial charge in [-0.1, -0.05) is 6.07 Å². The highest BCUT2D eigenvalue weighted by Crippen LogP contribution is 2.22. The molecule has 0 aliphatic heterocycles. The van der Waals surface area contributed by atoms with E-state index in [1.807, 2.05) is 19.9 Å². The van der Waals surface area contributed by atoms with Gasteiger partial charge in [0.25, 0.3) is 0 Å². The second-order valence-electron chi connectivity index (χ2n) is 2.62. The van der Waals surface area contributed by atoms with Gasteiger partial charge in [-0.25, -0.2) is 0 Å². The molecule has 13 heavy (non-hydrogen) atoms. The molecule has 0 saturated heterocycles. The molecule has 0 aliphatic carbocycles. The van der Waals surface area contributed by atoms with Crippen molar-refractivity contribution in [3.8, 4) is 0 Å². The minimum atomic E-state index is 0.116. The summed E-state index contributed by atoms with van der Waals surface area (Å²) in [5.74, 6) is 0. The van der Waals surface area contributed by atoms with Gasteiger partial charge in [-0.15, -0.1) is 11.3 Å². The minimum Gasteiger partial charge on any atom is -0.379 e. The zero-order valence-corrected chi connectivity index (χ0v) is 8.97. The van der Waals surface area contributed by atoms with Crippen LogP contribution < -0.4 is 0 Å². The van der Waals surface area contributed by atoms with Crippen molar-refractivity contribution < 1.29 is 9.47 Å². The highest BCUT2D eigenvalue weighted by Gasteiger charge is 2.11. The molecule has 3 heteroatoms. The van der Waals surface area contributed by atoms with Gasteiger partial charge in [0, 0.05) is 18.1 Å². The van der Waals surface area contributed by atoms with Crippen LogP contribution >= 0.6 is 11.3 Å². The zero-order valence-electron chi connectivity index (χ0n) is 8.16. The van der Waals surface area contributed by atoms with Gasteiger partial charge >= 0.3 is 0 Å². The summed E-state index contributed by atoms with van der Waals surface area (Å²) in [5.41, 5.74) is 0. The van der Waals surface area contributed by atoms with E-state index in [0.29, 0.717) is 6.61 Å². The average Bonchev–Trinajstić information content (AvgIpc) is 2.65. The molecule has 1 heterocycles. The number of hydrogen-bond acceptors (Lipinski definition) is 3. The third kappa shape index (κ3) is 3.46. The highest BCUT2D eigenvalue weighted by atomic mass is 32.1. The Morgan fingerprint density at radius 2 is 2.23 bits per heavy atom. The van der Waals surface area contributed by atoms with E-state index in [4.69, 9.17) is 9.47 Å². The number of ether oxygens (including phenoxy) is 2. The van der Waals surface area contributed by atoms with Crippen LogP contribution in [0.4, 0.5) is 0 Å². The number of thiophene rings is 1. The van der Waals surface area contributed by atoms with Crippen molar-refractivity contribution in [2.75, 3.05) is 19.8 Å². The molecule has 1 unspecified atom stereocenters. The lowest BCUT2D eigenvalue weighted by atomic mass is 10.3. The van der Waals surface area contributed by atoms with E-state index in [1.54, 1.807) is 11.3 Å². The van der Waals surface area contributed by atoms with Crippen molar-refractivity contribution in [2.24, 2.45) is 0 Å². The predicted octanol–water partition coefficient (Wildman–Crippen LogP) is 2.86. The Bertz CT molecular complexity index is 209. The molecule has 0 bridgehead atoms. The molecule has 1 aromatic rings. The normalized spacial score (nSPS) is 13.1. The summed E-state index contributed by atoms with van der Waals surface area (Å²) in [6.07, 6.45) is 0.116.